The zero-order valence-electron chi connectivity index (χ0n) is 10.5. The van der Waals surface area contributed by atoms with Crippen molar-refractivity contribution in [3.8, 4) is 0 Å². The van der Waals surface area contributed by atoms with Gasteiger partial charge in [0.2, 0.25) is 0 Å². The SMILES string of the molecule is COC(=O)CCc1ccc(C(O)C(=O)O)cc1CO. The van der Waals surface area contributed by atoms with Crippen molar-refractivity contribution in [2.75, 3.05) is 7.11 Å². The van der Waals surface area contributed by atoms with Crippen LogP contribution in [0.2, 0.25) is 0 Å². The normalized spacial score (nSPS) is 11.9. The van der Waals surface area contributed by atoms with Gasteiger partial charge in [-0.15, -0.1) is 0 Å². The number of carboxylic acid groups (broad SMARTS) is 1. The first-order valence-corrected chi connectivity index (χ1v) is 5.69. The Hall–Kier alpha value is -1.92. The van der Waals surface area contributed by atoms with Gasteiger partial charge in [-0.05, 0) is 23.1 Å². The van der Waals surface area contributed by atoms with Crippen LogP contribution in [0, 0.1) is 0 Å². The third kappa shape index (κ3) is 4.04. The molecule has 19 heavy (non-hydrogen) atoms. The topological polar surface area (TPSA) is 104 Å². The fourth-order valence-electron chi connectivity index (χ4n) is 1.69. The largest absolute Gasteiger partial charge is 0.479 e. The van der Waals surface area contributed by atoms with Crippen LogP contribution in [0.1, 0.15) is 29.2 Å². The molecule has 0 fully saturated rings. The van der Waals surface area contributed by atoms with Gasteiger partial charge in [0.15, 0.2) is 6.10 Å². The predicted molar refractivity (Wildman–Crippen MR) is 65.3 cm³/mol. The number of methoxy groups -OCH3 is 1. The molecule has 1 aromatic rings. The number of aliphatic carboxylic acids is 1. The maximum atomic E-state index is 11.0. The highest BCUT2D eigenvalue weighted by Crippen LogP contribution is 2.19. The lowest BCUT2D eigenvalue weighted by atomic mass is 9.98. The molecule has 104 valence electrons. The molecule has 0 bridgehead atoms. The Morgan fingerprint density at radius 1 is 1.32 bits per heavy atom. The third-order valence-electron chi connectivity index (χ3n) is 2.78. The Balaban J connectivity index is 2.90. The average molecular weight is 268 g/mol. The molecule has 6 heteroatoms. The fraction of sp³-hybridized carbons (Fsp3) is 0.385. The first-order chi connectivity index (χ1) is 8.99. The van der Waals surface area contributed by atoms with Gasteiger partial charge < -0.3 is 20.1 Å². The lowest BCUT2D eigenvalue weighted by molar-refractivity contribution is -0.147. The second kappa shape index (κ2) is 6.86. The molecular formula is C13H16O6. The minimum absolute atomic E-state index is 0.171. The van der Waals surface area contributed by atoms with E-state index in [0.717, 1.165) is 0 Å². The van der Waals surface area contributed by atoms with E-state index in [2.05, 4.69) is 4.74 Å². The molecule has 0 spiro atoms. The zero-order chi connectivity index (χ0) is 14.4. The number of benzene rings is 1. The molecule has 0 aliphatic heterocycles. The van der Waals surface area contributed by atoms with Crippen LogP contribution in [0.15, 0.2) is 18.2 Å². The van der Waals surface area contributed by atoms with Gasteiger partial charge >= 0.3 is 11.9 Å². The van der Waals surface area contributed by atoms with Gasteiger partial charge in [-0.3, -0.25) is 4.79 Å². The Morgan fingerprint density at radius 3 is 2.53 bits per heavy atom. The summed E-state index contributed by atoms with van der Waals surface area (Å²) in [5.74, 6) is -1.72. The zero-order valence-corrected chi connectivity index (χ0v) is 10.5. The van der Waals surface area contributed by atoms with Crippen LogP contribution in [0.3, 0.4) is 0 Å². The van der Waals surface area contributed by atoms with Crippen molar-refractivity contribution < 1.29 is 29.6 Å². The number of hydrogen-bond donors (Lipinski definition) is 3. The molecule has 0 aromatic heterocycles. The van der Waals surface area contributed by atoms with Crippen LogP contribution in [0.25, 0.3) is 0 Å². The Bertz CT molecular complexity index is 468. The predicted octanol–water partition coefficient (Wildman–Crippen LogP) is 0.403. The van der Waals surface area contributed by atoms with Crippen molar-refractivity contribution in [1.29, 1.82) is 0 Å². The molecule has 1 rings (SSSR count). The lowest BCUT2D eigenvalue weighted by Gasteiger charge is -2.11. The standard InChI is InChI=1S/C13H16O6/c1-19-11(15)5-4-8-2-3-9(6-10(8)7-14)12(16)13(17)18/h2-3,6,12,14,16H,4-5,7H2,1H3,(H,17,18). The lowest BCUT2D eigenvalue weighted by Crippen LogP contribution is -2.11. The summed E-state index contributed by atoms with van der Waals surface area (Å²) < 4.78 is 4.52. The van der Waals surface area contributed by atoms with Gasteiger partial charge in [-0.1, -0.05) is 18.2 Å². The van der Waals surface area contributed by atoms with Crippen LogP contribution in [0.4, 0.5) is 0 Å². The highest BCUT2D eigenvalue weighted by molar-refractivity contribution is 5.74. The summed E-state index contributed by atoms with van der Waals surface area (Å²) in [5.41, 5.74) is 1.40. The Kier molecular flexibility index (Phi) is 5.47. The maximum absolute atomic E-state index is 11.0. The number of hydrogen-bond acceptors (Lipinski definition) is 5. The van der Waals surface area contributed by atoms with Crippen molar-refractivity contribution >= 4 is 11.9 Å². The molecule has 1 atom stereocenters. The van der Waals surface area contributed by atoms with Crippen molar-refractivity contribution in [3.05, 3.63) is 34.9 Å². The third-order valence-corrected chi connectivity index (χ3v) is 2.78. The van der Waals surface area contributed by atoms with E-state index in [0.29, 0.717) is 17.5 Å². The monoisotopic (exact) mass is 268 g/mol. The molecule has 0 heterocycles. The number of aliphatic hydroxyl groups is 2. The smallest absolute Gasteiger partial charge is 0.337 e. The Morgan fingerprint density at radius 2 is 2.00 bits per heavy atom. The molecule has 1 unspecified atom stereocenters. The summed E-state index contributed by atoms with van der Waals surface area (Å²) in [6.07, 6.45) is -1.07. The number of carbonyl (C=O) groups excluding carboxylic acids is 1. The summed E-state index contributed by atoms with van der Waals surface area (Å²) >= 11 is 0. The quantitative estimate of drug-likeness (QED) is 0.645. The van der Waals surface area contributed by atoms with Crippen LogP contribution >= 0.6 is 0 Å². The van der Waals surface area contributed by atoms with Crippen LogP contribution in [-0.4, -0.2) is 34.4 Å². The number of carboxylic acids is 1. The van der Waals surface area contributed by atoms with Crippen LogP contribution in [-0.2, 0) is 27.4 Å². The summed E-state index contributed by atoms with van der Waals surface area (Å²) in [6.45, 7) is -0.295. The molecule has 1 aromatic carbocycles. The second-order valence-corrected chi connectivity index (χ2v) is 4.00. The molecule has 0 aliphatic carbocycles. The molecule has 0 radical (unpaired) electrons. The van der Waals surface area contributed by atoms with Gasteiger partial charge in [-0.25, -0.2) is 4.79 Å². The van der Waals surface area contributed by atoms with E-state index in [1.165, 1.54) is 19.2 Å². The van der Waals surface area contributed by atoms with E-state index < -0.39 is 12.1 Å². The van der Waals surface area contributed by atoms with Crippen molar-refractivity contribution in [2.45, 2.75) is 25.6 Å². The number of rotatable bonds is 6. The molecule has 0 saturated carbocycles. The first-order valence-electron chi connectivity index (χ1n) is 5.69. The highest BCUT2D eigenvalue weighted by Gasteiger charge is 2.17. The molecular weight excluding hydrogens is 252 g/mol. The van der Waals surface area contributed by atoms with Crippen molar-refractivity contribution in [2.24, 2.45) is 0 Å². The number of carbonyl (C=O) groups is 2. The van der Waals surface area contributed by atoms with Gasteiger partial charge in [0.25, 0.3) is 0 Å². The summed E-state index contributed by atoms with van der Waals surface area (Å²) in [4.78, 5) is 21.7. The van der Waals surface area contributed by atoms with Crippen molar-refractivity contribution in [3.63, 3.8) is 0 Å². The van der Waals surface area contributed by atoms with Gasteiger partial charge in [-0.2, -0.15) is 0 Å². The molecule has 0 aliphatic rings. The highest BCUT2D eigenvalue weighted by atomic mass is 16.5. The molecule has 0 saturated heterocycles. The van der Waals surface area contributed by atoms with Gasteiger partial charge in [0.05, 0.1) is 13.7 Å². The minimum atomic E-state index is -1.63. The van der Waals surface area contributed by atoms with E-state index in [9.17, 15) is 19.8 Å². The number of ether oxygens (including phenoxy) is 1. The molecule has 6 nitrogen and oxygen atoms in total. The number of aryl methyl sites for hydroxylation is 1. The van der Waals surface area contributed by atoms with E-state index >= 15 is 0 Å². The summed E-state index contributed by atoms with van der Waals surface area (Å²) in [5, 5.41) is 27.4. The summed E-state index contributed by atoms with van der Waals surface area (Å²) in [7, 11) is 1.29. The number of esters is 1. The minimum Gasteiger partial charge on any atom is -0.479 e. The second-order valence-electron chi connectivity index (χ2n) is 4.00. The van der Waals surface area contributed by atoms with E-state index in [-0.39, 0.29) is 24.6 Å². The van der Waals surface area contributed by atoms with Crippen LogP contribution < -0.4 is 0 Å². The van der Waals surface area contributed by atoms with Crippen molar-refractivity contribution in [1.82, 2.24) is 0 Å². The van der Waals surface area contributed by atoms with Gasteiger partial charge in [0.1, 0.15) is 0 Å². The van der Waals surface area contributed by atoms with E-state index in [1.54, 1.807) is 6.07 Å². The number of aliphatic hydroxyl groups excluding tert-OH is 2. The maximum Gasteiger partial charge on any atom is 0.337 e. The van der Waals surface area contributed by atoms with Crippen LogP contribution in [0.5, 0.6) is 0 Å². The van der Waals surface area contributed by atoms with E-state index in [4.69, 9.17) is 5.11 Å². The molecule has 0 amide bonds. The van der Waals surface area contributed by atoms with Gasteiger partial charge in [0, 0.05) is 6.42 Å². The first kappa shape index (κ1) is 15.1. The Labute approximate surface area is 110 Å². The van der Waals surface area contributed by atoms with E-state index in [1.807, 2.05) is 0 Å². The summed E-state index contributed by atoms with van der Waals surface area (Å²) in [6, 6.07) is 4.48. The molecule has 3 N–H and O–H groups in total. The average Bonchev–Trinajstić information content (AvgIpc) is 2.43. The fourth-order valence-corrected chi connectivity index (χ4v) is 1.69.